The van der Waals surface area contributed by atoms with Crippen LogP contribution in [0.1, 0.15) is 82.6 Å². The van der Waals surface area contributed by atoms with E-state index in [0.29, 0.717) is 6.42 Å². The maximum Gasteiger partial charge on any atom is 0.0635 e. The number of nitrogens with zero attached hydrogens (tertiary/aromatic N) is 2. The number of aromatic nitrogens is 1. The first-order valence-corrected chi connectivity index (χ1v) is 9.90. The van der Waals surface area contributed by atoms with Crippen molar-refractivity contribution < 1.29 is 0 Å². The molecule has 0 aliphatic rings. The normalized spacial score (nSPS) is 10.6. The fourth-order valence-corrected chi connectivity index (χ4v) is 2.99. The van der Waals surface area contributed by atoms with Crippen molar-refractivity contribution in [1.29, 1.82) is 5.26 Å². The predicted molar refractivity (Wildman–Crippen MR) is 102 cm³/mol. The van der Waals surface area contributed by atoms with Gasteiger partial charge >= 0.3 is 0 Å². The summed E-state index contributed by atoms with van der Waals surface area (Å²) >= 11 is 0. The Morgan fingerprint density at radius 3 is 2.04 bits per heavy atom. The number of nitriles is 1. The molecule has 0 bridgehead atoms. The summed E-state index contributed by atoms with van der Waals surface area (Å²) < 4.78 is 0. The quantitative estimate of drug-likeness (QED) is 0.412. The molecule has 0 radical (unpaired) electrons. The summed E-state index contributed by atoms with van der Waals surface area (Å²) in [6.07, 6.45) is 20.6. The van der Waals surface area contributed by atoms with E-state index in [2.05, 4.69) is 22.4 Å². The second-order valence-electron chi connectivity index (χ2n) is 6.66. The molecular formula is C21H35N3. The van der Waals surface area contributed by atoms with Crippen LogP contribution in [0.25, 0.3) is 0 Å². The van der Waals surface area contributed by atoms with E-state index >= 15 is 0 Å². The lowest BCUT2D eigenvalue weighted by Gasteiger charge is -2.04. The maximum atomic E-state index is 8.43. The smallest absolute Gasteiger partial charge is 0.0635 e. The monoisotopic (exact) mass is 329 g/mol. The lowest BCUT2D eigenvalue weighted by atomic mass is 10.0. The van der Waals surface area contributed by atoms with Crippen LogP contribution in [0.15, 0.2) is 24.5 Å². The Hall–Kier alpha value is -1.40. The first kappa shape index (κ1) is 20.6. The highest BCUT2D eigenvalue weighted by atomic mass is 14.8. The van der Waals surface area contributed by atoms with E-state index in [1.54, 1.807) is 0 Å². The Balaban J connectivity index is 1.71. The van der Waals surface area contributed by atoms with Crippen LogP contribution < -0.4 is 5.32 Å². The van der Waals surface area contributed by atoms with E-state index in [4.69, 9.17) is 5.26 Å². The van der Waals surface area contributed by atoms with Gasteiger partial charge in [0.25, 0.3) is 0 Å². The zero-order chi connectivity index (χ0) is 17.1. The molecule has 0 aromatic carbocycles. The highest BCUT2D eigenvalue weighted by Gasteiger charge is 1.95. The molecule has 0 saturated carbocycles. The number of pyridine rings is 1. The average molecular weight is 330 g/mol. The van der Waals surface area contributed by atoms with E-state index in [9.17, 15) is 0 Å². The van der Waals surface area contributed by atoms with E-state index < -0.39 is 0 Å². The van der Waals surface area contributed by atoms with Crippen molar-refractivity contribution in [3.8, 4) is 6.07 Å². The van der Waals surface area contributed by atoms with Crippen molar-refractivity contribution in [2.75, 3.05) is 13.1 Å². The molecule has 0 aliphatic heterocycles. The zero-order valence-corrected chi connectivity index (χ0v) is 15.3. The van der Waals surface area contributed by atoms with Crippen LogP contribution in [0.3, 0.4) is 0 Å². The topological polar surface area (TPSA) is 48.7 Å². The molecule has 24 heavy (non-hydrogen) atoms. The summed E-state index contributed by atoms with van der Waals surface area (Å²) in [5.41, 5.74) is 1.37. The minimum Gasteiger partial charge on any atom is -0.316 e. The fraction of sp³-hybridized carbons (Fsp3) is 0.714. The van der Waals surface area contributed by atoms with Gasteiger partial charge in [-0.3, -0.25) is 4.98 Å². The fourth-order valence-electron chi connectivity index (χ4n) is 2.99. The first-order valence-electron chi connectivity index (χ1n) is 9.90. The molecule has 0 aliphatic carbocycles. The van der Waals surface area contributed by atoms with Gasteiger partial charge in [-0.15, -0.1) is 0 Å². The van der Waals surface area contributed by atoms with Crippen LogP contribution in [0.4, 0.5) is 0 Å². The minimum atomic E-state index is 0.628. The third-order valence-electron chi connectivity index (χ3n) is 4.46. The molecule has 0 spiro atoms. The minimum absolute atomic E-state index is 0.628. The van der Waals surface area contributed by atoms with Crippen LogP contribution in [-0.2, 0) is 6.42 Å². The van der Waals surface area contributed by atoms with Gasteiger partial charge in [0.05, 0.1) is 6.07 Å². The summed E-state index contributed by atoms with van der Waals surface area (Å²) in [5, 5.41) is 11.7. The highest BCUT2D eigenvalue weighted by Crippen LogP contribution is 2.12. The summed E-state index contributed by atoms with van der Waals surface area (Å²) in [4.78, 5) is 4.16. The number of nitrogens with one attached hydrogen (secondary N) is 1. The Bertz CT molecular complexity index is 411. The molecular weight excluding hydrogens is 294 g/mol. The molecule has 1 rings (SSSR count). The van der Waals surface area contributed by atoms with Gasteiger partial charge in [-0.1, -0.05) is 63.9 Å². The summed E-state index contributed by atoms with van der Waals surface area (Å²) in [6.45, 7) is 1.92. The van der Waals surface area contributed by atoms with Crippen molar-refractivity contribution in [2.45, 2.75) is 83.5 Å². The molecule has 0 unspecified atom stereocenters. The van der Waals surface area contributed by atoms with Crippen molar-refractivity contribution >= 4 is 0 Å². The second kappa shape index (κ2) is 16.5. The van der Waals surface area contributed by atoms with E-state index in [-0.39, 0.29) is 0 Å². The van der Waals surface area contributed by atoms with Gasteiger partial charge in [-0.2, -0.15) is 5.26 Å². The van der Waals surface area contributed by atoms with Crippen molar-refractivity contribution in [3.05, 3.63) is 30.1 Å². The van der Waals surface area contributed by atoms with Crippen LogP contribution in [0.2, 0.25) is 0 Å². The number of rotatable bonds is 16. The molecule has 1 aromatic heterocycles. The van der Waals surface area contributed by atoms with Gasteiger partial charge in [-0.05, 0) is 37.4 Å². The lowest BCUT2D eigenvalue weighted by molar-refractivity contribution is 0.537. The van der Waals surface area contributed by atoms with Crippen molar-refractivity contribution in [2.24, 2.45) is 0 Å². The molecule has 0 amide bonds. The predicted octanol–water partition coefficient (Wildman–Crippen LogP) is 5.42. The Kier molecular flexibility index (Phi) is 14.2. The van der Waals surface area contributed by atoms with E-state index in [1.807, 2.05) is 18.5 Å². The summed E-state index contributed by atoms with van der Waals surface area (Å²) in [7, 11) is 0. The van der Waals surface area contributed by atoms with Crippen molar-refractivity contribution in [1.82, 2.24) is 10.3 Å². The molecule has 0 fully saturated rings. The number of unbranched alkanes of at least 4 members (excludes halogenated alkanes) is 10. The van der Waals surface area contributed by atoms with Gasteiger partial charge in [0.15, 0.2) is 0 Å². The largest absolute Gasteiger partial charge is 0.316 e. The second-order valence-corrected chi connectivity index (χ2v) is 6.66. The third kappa shape index (κ3) is 13.1. The number of aryl methyl sites for hydroxylation is 1. The van der Waals surface area contributed by atoms with Gasteiger partial charge in [0.1, 0.15) is 0 Å². The van der Waals surface area contributed by atoms with Crippen LogP contribution >= 0.6 is 0 Å². The van der Waals surface area contributed by atoms with E-state index in [0.717, 1.165) is 13.1 Å². The first-order chi connectivity index (χ1) is 11.9. The molecule has 0 atom stereocenters. The van der Waals surface area contributed by atoms with Gasteiger partial charge in [-0.25, -0.2) is 0 Å². The van der Waals surface area contributed by atoms with Crippen molar-refractivity contribution in [3.63, 3.8) is 0 Å². The summed E-state index contributed by atoms with van der Waals surface area (Å²) in [6, 6.07) is 6.36. The maximum absolute atomic E-state index is 8.43. The molecule has 3 nitrogen and oxygen atoms in total. The van der Waals surface area contributed by atoms with E-state index in [1.165, 1.54) is 82.6 Å². The lowest BCUT2D eigenvalue weighted by Crippen LogP contribution is -2.15. The average Bonchev–Trinajstić information content (AvgIpc) is 2.62. The number of hydrogen-bond acceptors (Lipinski definition) is 3. The molecule has 134 valence electrons. The molecule has 3 heteroatoms. The molecule has 1 heterocycles. The molecule has 1 aromatic rings. The van der Waals surface area contributed by atoms with Gasteiger partial charge < -0.3 is 5.32 Å². The Morgan fingerprint density at radius 1 is 0.833 bits per heavy atom. The SMILES string of the molecule is N#CCCNCCCCCCCCCCCCCc1cccnc1. The van der Waals surface area contributed by atoms with Gasteiger partial charge in [0, 0.05) is 25.4 Å². The summed E-state index contributed by atoms with van der Waals surface area (Å²) in [5.74, 6) is 0. The Labute approximate surface area is 148 Å². The molecule has 0 saturated heterocycles. The molecule has 1 N–H and O–H groups in total. The standard InChI is InChI=1S/C21H35N3/c22-16-13-19-23-17-11-9-7-5-3-1-2-4-6-8-10-14-21-15-12-18-24-20-21/h12,15,18,20,23H,1-11,13-14,17,19H2. The van der Waals surface area contributed by atoms with Crippen LogP contribution in [0, 0.1) is 11.3 Å². The Morgan fingerprint density at radius 2 is 1.46 bits per heavy atom. The number of hydrogen-bond donors (Lipinski definition) is 1. The van der Waals surface area contributed by atoms with Gasteiger partial charge in [0.2, 0.25) is 0 Å². The zero-order valence-electron chi connectivity index (χ0n) is 15.3. The van der Waals surface area contributed by atoms with Crippen LogP contribution in [0.5, 0.6) is 0 Å². The highest BCUT2D eigenvalue weighted by molar-refractivity contribution is 5.08. The van der Waals surface area contributed by atoms with Crippen LogP contribution in [-0.4, -0.2) is 18.1 Å². The third-order valence-corrected chi connectivity index (χ3v) is 4.46.